The summed E-state index contributed by atoms with van der Waals surface area (Å²) in [6, 6.07) is 5.24. The molecule has 1 N–H and O–H groups in total. The Labute approximate surface area is 144 Å². The van der Waals surface area contributed by atoms with Crippen molar-refractivity contribution in [3.8, 4) is 0 Å². The number of aliphatic hydroxyl groups is 1. The first-order chi connectivity index (χ1) is 11.8. The van der Waals surface area contributed by atoms with Crippen LogP contribution in [0.2, 0.25) is 0 Å². The maximum atomic E-state index is 12.6. The number of aliphatic hydroxyl groups excluding tert-OH is 1. The summed E-state index contributed by atoms with van der Waals surface area (Å²) in [7, 11) is 0. The van der Waals surface area contributed by atoms with E-state index in [2.05, 4.69) is 9.97 Å². The molecule has 0 spiro atoms. The van der Waals surface area contributed by atoms with E-state index in [1.165, 1.54) is 11.8 Å². The van der Waals surface area contributed by atoms with Crippen LogP contribution in [-0.2, 0) is 10.5 Å². The van der Waals surface area contributed by atoms with Gasteiger partial charge >= 0.3 is 0 Å². The number of nitrogens with zero attached hydrogens (tertiary/aromatic N) is 3. The van der Waals surface area contributed by atoms with Gasteiger partial charge in [0, 0.05) is 38.0 Å². The molecule has 0 radical (unpaired) electrons. The van der Waals surface area contributed by atoms with E-state index in [1.807, 2.05) is 0 Å². The molecule has 1 amide bonds. The number of rotatable bonds is 5. The average molecular weight is 349 g/mol. The molecule has 3 heterocycles. The van der Waals surface area contributed by atoms with Crippen molar-refractivity contribution < 1.29 is 19.1 Å². The van der Waals surface area contributed by atoms with Crippen LogP contribution in [0.15, 0.2) is 40.2 Å². The average Bonchev–Trinajstić information content (AvgIpc) is 2.97. The number of hydrogen-bond acceptors (Lipinski definition) is 7. The second-order valence-corrected chi connectivity index (χ2v) is 6.40. The molecule has 2 aromatic rings. The van der Waals surface area contributed by atoms with Gasteiger partial charge in [-0.05, 0) is 18.2 Å². The van der Waals surface area contributed by atoms with Gasteiger partial charge in [-0.3, -0.25) is 4.79 Å². The van der Waals surface area contributed by atoms with Crippen LogP contribution in [0.3, 0.4) is 0 Å². The lowest BCUT2D eigenvalue weighted by molar-refractivity contribution is 0.0695. The highest BCUT2D eigenvalue weighted by atomic mass is 32.2. The zero-order valence-corrected chi connectivity index (χ0v) is 13.9. The van der Waals surface area contributed by atoms with Gasteiger partial charge in [-0.2, -0.15) is 0 Å². The van der Waals surface area contributed by atoms with Crippen molar-refractivity contribution in [2.45, 2.75) is 10.9 Å². The van der Waals surface area contributed by atoms with E-state index >= 15 is 0 Å². The maximum Gasteiger partial charge on any atom is 0.289 e. The summed E-state index contributed by atoms with van der Waals surface area (Å²) in [6.07, 6.45) is 3.37. The Morgan fingerprint density at radius 1 is 1.38 bits per heavy atom. The van der Waals surface area contributed by atoms with Crippen LogP contribution < -0.4 is 0 Å². The molecule has 1 fully saturated rings. The van der Waals surface area contributed by atoms with Crippen LogP contribution >= 0.6 is 11.8 Å². The van der Waals surface area contributed by atoms with E-state index < -0.39 is 0 Å². The highest BCUT2D eigenvalue weighted by Gasteiger charge is 2.25. The minimum Gasteiger partial charge on any atom is -0.455 e. The molecule has 0 bridgehead atoms. The van der Waals surface area contributed by atoms with Gasteiger partial charge < -0.3 is 19.2 Å². The van der Waals surface area contributed by atoms with Crippen molar-refractivity contribution >= 4 is 17.7 Å². The normalized spacial score (nSPS) is 18.4. The largest absolute Gasteiger partial charge is 0.455 e. The molecular formula is C16H19N3O4S. The van der Waals surface area contributed by atoms with Gasteiger partial charge in [-0.25, -0.2) is 9.97 Å². The number of amides is 1. The molecule has 8 heteroatoms. The lowest BCUT2D eigenvalue weighted by Crippen LogP contribution is -2.36. The van der Waals surface area contributed by atoms with E-state index in [0.717, 1.165) is 0 Å². The summed E-state index contributed by atoms with van der Waals surface area (Å²) in [5, 5.41) is 9.98. The summed E-state index contributed by atoms with van der Waals surface area (Å²) in [5.41, 5.74) is 0. The molecule has 0 aliphatic carbocycles. The van der Waals surface area contributed by atoms with Gasteiger partial charge in [-0.15, -0.1) is 0 Å². The molecule has 24 heavy (non-hydrogen) atoms. The fourth-order valence-corrected chi connectivity index (χ4v) is 3.09. The third kappa shape index (κ3) is 4.34. The third-order valence-corrected chi connectivity index (χ3v) is 4.54. The zero-order valence-electron chi connectivity index (χ0n) is 13.1. The molecule has 1 saturated heterocycles. The predicted octanol–water partition coefficient (Wildman–Crippen LogP) is 1.44. The van der Waals surface area contributed by atoms with Gasteiger partial charge in [-0.1, -0.05) is 11.8 Å². The second-order valence-electron chi connectivity index (χ2n) is 5.46. The number of carbonyl (C=O) groups is 1. The van der Waals surface area contributed by atoms with Crippen molar-refractivity contribution in [1.82, 2.24) is 14.9 Å². The van der Waals surface area contributed by atoms with Crippen LogP contribution in [0.5, 0.6) is 0 Å². The van der Waals surface area contributed by atoms with Gasteiger partial charge in [0.25, 0.3) is 5.91 Å². The van der Waals surface area contributed by atoms with Crippen LogP contribution in [0.1, 0.15) is 16.3 Å². The third-order valence-electron chi connectivity index (χ3n) is 3.64. The van der Waals surface area contributed by atoms with Crippen LogP contribution in [0, 0.1) is 5.92 Å². The highest BCUT2D eigenvalue weighted by molar-refractivity contribution is 7.98. The summed E-state index contributed by atoms with van der Waals surface area (Å²) in [4.78, 5) is 22.5. The number of carbonyl (C=O) groups excluding carboxylic acids is 1. The van der Waals surface area contributed by atoms with E-state index in [9.17, 15) is 9.90 Å². The second kappa shape index (κ2) is 8.27. The van der Waals surface area contributed by atoms with Crippen molar-refractivity contribution in [3.05, 3.63) is 42.1 Å². The smallest absolute Gasteiger partial charge is 0.289 e. The van der Waals surface area contributed by atoms with Crippen molar-refractivity contribution in [1.29, 1.82) is 0 Å². The number of ether oxygens (including phenoxy) is 1. The lowest BCUT2D eigenvalue weighted by Gasteiger charge is -2.21. The monoisotopic (exact) mass is 349 g/mol. The molecule has 3 rings (SSSR count). The van der Waals surface area contributed by atoms with E-state index in [-0.39, 0.29) is 18.4 Å². The summed E-state index contributed by atoms with van der Waals surface area (Å²) in [6.45, 7) is 1.91. The van der Waals surface area contributed by atoms with E-state index in [0.29, 0.717) is 48.7 Å². The van der Waals surface area contributed by atoms with E-state index in [1.54, 1.807) is 35.5 Å². The first-order valence-electron chi connectivity index (χ1n) is 7.72. The Kier molecular flexibility index (Phi) is 5.84. The molecule has 7 nitrogen and oxygen atoms in total. The van der Waals surface area contributed by atoms with Crippen LogP contribution in [0.4, 0.5) is 0 Å². The van der Waals surface area contributed by atoms with Gasteiger partial charge in [0.05, 0.1) is 19.0 Å². The number of thioether (sulfide) groups is 1. The van der Waals surface area contributed by atoms with Gasteiger partial charge in [0.2, 0.25) is 0 Å². The Morgan fingerprint density at radius 3 is 3.00 bits per heavy atom. The molecule has 1 aliphatic heterocycles. The molecule has 0 aromatic carbocycles. The first kappa shape index (κ1) is 16.9. The molecule has 1 atom stereocenters. The Balaban J connectivity index is 1.60. The molecule has 0 saturated carbocycles. The van der Waals surface area contributed by atoms with Crippen molar-refractivity contribution in [2.24, 2.45) is 5.92 Å². The summed E-state index contributed by atoms with van der Waals surface area (Å²) < 4.78 is 11.1. The zero-order chi connectivity index (χ0) is 16.8. The topological polar surface area (TPSA) is 88.7 Å². The minimum absolute atomic E-state index is 0.000893. The quantitative estimate of drug-likeness (QED) is 0.645. The summed E-state index contributed by atoms with van der Waals surface area (Å²) >= 11 is 1.45. The molecule has 1 aliphatic rings. The van der Waals surface area contributed by atoms with Crippen LogP contribution in [0.25, 0.3) is 0 Å². The molecular weight excluding hydrogens is 330 g/mol. The first-order valence-corrected chi connectivity index (χ1v) is 8.71. The maximum absolute atomic E-state index is 12.6. The lowest BCUT2D eigenvalue weighted by atomic mass is 10.1. The van der Waals surface area contributed by atoms with E-state index in [4.69, 9.17) is 9.15 Å². The number of furan rings is 1. The Bertz CT molecular complexity index is 664. The molecule has 1 unspecified atom stereocenters. The molecule has 2 aromatic heterocycles. The fourth-order valence-electron chi connectivity index (χ4n) is 2.40. The van der Waals surface area contributed by atoms with Gasteiger partial charge in [0.15, 0.2) is 10.9 Å². The van der Waals surface area contributed by atoms with Gasteiger partial charge in [0.1, 0.15) is 5.76 Å². The predicted molar refractivity (Wildman–Crippen MR) is 87.6 cm³/mol. The standard InChI is InChI=1S/C16H19N3O4S/c20-9-12-8-19(6-7-22-10-12)15(21)14-3-2-13(23-14)11-24-16-17-4-1-5-18-16/h1-5,12,20H,6-11H2. The molecule has 128 valence electrons. The fraction of sp³-hybridized carbons (Fsp3) is 0.438. The SMILES string of the molecule is O=C(c1ccc(CSc2ncccn2)o1)N1CCOCC(CO)C1. The van der Waals surface area contributed by atoms with Crippen molar-refractivity contribution in [2.75, 3.05) is 32.9 Å². The number of hydrogen-bond donors (Lipinski definition) is 1. The summed E-state index contributed by atoms with van der Waals surface area (Å²) in [5.74, 6) is 1.32. The Hall–Kier alpha value is -1.90. The van der Waals surface area contributed by atoms with Crippen LogP contribution in [-0.4, -0.2) is 58.8 Å². The minimum atomic E-state index is -0.175. The van der Waals surface area contributed by atoms with Crippen molar-refractivity contribution in [3.63, 3.8) is 0 Å². The number of aromatic nitrogens is 2. The Morgan fingerprint density at radius 2 is 2.21 bits per heavy atom. The highest BCUT2D eigenvalue weighted by Crippen LogP contribution is 2.21.